The van der Waals surface area contributed by atoms with Crippen LogP contribution in [0.15, 0.2) is 12.1 Å². The van der Waals surface area contributed by atoms with E-state index in [1.54, 1.807) is 6.07 Å². The standard InChI is InChI=1S/C12H13N3O7S/c1-23(18,19)21-5-7-4-15(12(17)22-7)9-3-2-8-11(13-9)14-10(16)6-20-8/h2-3,7H,4-6H2,1H3,(H,13,14,16). The molecule has 2 amide bonds. The van der Waals surface area contributed by atoms with Gasteiger partial charge in [0.25, 0.3) is 16.0 Å². The van der Waals surface area contributed by atoms with Crippen LogP contribution in [-0.4, -0.2) is 57.5 Å². The minimum atomic E-state index is -3.62. The van der Waals surface area contributed by atoms with Gasteiger partial charge in [-0.05, 0) is 12.1 Å². The largest absolute Gasteiger partial charge is 0.480 e. The lowest BCUT2D eigenvalue weighted by atomic mass is 10.3. The normalized spacial score (nSPS) is 20.6. The maximum atomic E-state index is 11.9. The summed E-state index contributed by atoms with van der Waals surface area (Å²) in [6.45, 7) is -0.286. The fourth-order valence-corrected chi connectivity index (χ4v) is 2.50. The molecule has 0 bridgehead atoms. The van der Waals surface area contributed by atoms with Crippen LogP contribution in [0.2, 0.25) is 0 Å². The van der Waals surface area contributed by atoms with Gasteiger partial charge < -0.3 is 14.8 Å². The molecule has 124 valence electrons. The zero-order valence-electron chi connectivity index (χ0n) is 12.0. The molecule has 2 aliphatic heterocycles. The van der Waals surface area contributed by atoms with E-state index in [-0.39, 0.29) is 37.3 Å². The first kappa shape index (κ1) is 15.5. The Morgan fingerprint density at radius 3 is 2.96 bits per heavy atom. The molecule has 1 N–H and O–H groups in total. The number of cyclic esters (lactones) is 1. The van der Waals surface area contributed by atoms with E-state index in [1.165, 1.54) is 11.0 Å². The smallest absolute Gasteiger partial charge is 0.416 e. The highest BCUT2D eigenvalue weighted by Crippen LogP contribution is 2.30. The van der Waals surface area contributed by atoms with Crippen LogP contribution in [0.1, 0.15) is 0 Å². The lowest BCUT2D eigenvalue weighted by Gasteiger charge is -2.19. The molecule has 0 radical (unpaired) electrons. The average molecular weight is 343 g/mol. The van der Waals surface area contributed by atoms with Crippen molar-refractivity contribution in [3.63, 3.8) is 0 Å². The number of carbonyl (C=O) groups is 2. The van der Waals surface area contributed by atoms with E-state index in [0.29, 0.717) is 5.75 Å². The number of aromatic nitrogens is 1. The van der Waals surface area contributed by atoms with Crippen molar-refractivity contribution < 1.29 is 31.7 Å². The van der Waals surface area contributed by atoms with Crippen molar-refractivity contribution in [1.82, 2.24) is 4.98 Å². The Hall–Kier alpha value is -2.40. The van der Waals surface area contributed by atoms with Crippen molar-refractivity contribution in [2.24, 2.45) is 0 Å². The number of rotatable bonds is 4. The molecule has 0 spiro atoms. The fraction of sp³-hybridized carbons (Fsp3) is 0.417. The SMILES string of the molecule is CS(=O)(=O)OCC1CN(c2ccc3c(n2)NC(=O)CO3)C(=O)O1. The summed E-state index contributed by atoms with van der Waals surface area (Å²) in [5.74, 6) is 0.521. The van der Waals surface area contributed by atoms with Crippen LogP contribution in [0.25, 0.3) is 0 Å². The topological polar surface area (TPSA) is 124 Å². The minimum Gasteiger partial charge on any atom is -0.480 e. The van der Waals surface area contributed by atoms with E-state index >= 15 is 0 Å². The molecule has 2 aliphatic rings. The second-order valence-corrected chi connectivity index (χ2v) is 6.60. The number of nitrogens with one attached hydrogen (secondary N) is 1. The number of anilines is 2. The Bertz CT molecular complexity index is 764. The number of amides is 2. The van der Waals surface area contributed by atoms with E-state index in [2.05, 4.69) is 14.5 Å². The molecule has 1 atom stereocenters. The third kappa shape index (κ3) is 3.51. The van der Waals surface area contributed by atoms with Gasteiger partial charge in [0.15, 0.2) is 18.2 Å². The Kier molecular flexibility index (Phi) is 3.82. The molecule has 0 aromatic carbocycles. The Morgan fingerprint density at radius 2 is 2.22 bits per heavy atom. The van der Waals surface area contributed by atoms with E-state index < -0.39 is 22.3 Å². The predicted molar refractivity (Wildman–Crippen MR) is 76.8 cm³/mol. The molecule has 0 saturated carbocycles. The molecule has 1 saturated heterocycles. The molecule has 23 heavy (non-hydrogen) atoms. The van der Waals surface area contributed by atoms with Gasteiger partial charge in [-0.15, -0.1) is 0 Å². The Balaban J connectivity index is 1.73. The van der Waals surface area contributed by atoms with Crippen LogP contribution >= 0.6 is 0 Å². The quantitative estimate of drug-likeness (QED) is 0.740. The van der Waals surface area contributed by atoms with Gasteiger partial charge in [0.2, 0.25) is 0 Å². The van der Waals surface area contributed by atoms with Gasteiger partial charge in [-0.2, -0.15) is 8.42 Å². The highest BCUT2D eigenvalue weighted by Gasteiger charge is 2.34. The number of ether oxygens (including phenoxy) is 2. The molecule has 11 heteroatoms. The maximum absolute atomic E-state index is 11.9. The van der Waals surface area contributed by atoms with E-state index in [4.69, 9.17) is 9.47 Å². The van der Waals surface area contributed by atoms with Crippen LogP contribution in [0.4, 0.5) is 16.4 Å². The summed E-state index contributed by atoms with van der Waals surface area (Å²) in [5.41, 5.74) is 0. The van der Waals surface area contributed by atoms with E-state index in [9.17, 15) is 18.0 Å². The highest BCUT2D eigenvalue weighted by atomic mass is 32.2. The summed E-state index contributed by atoms with van der Waals surface area (Å²) < 4.78 is 36.8. The third-order valence-corrected chi connectivity index (χ3v) is 3.64. The van der Waals surface area contributed by atoms with Crippen LogP contribution < -0.4 is 15.0 Å². The second-order valence-electron chi connectivity index (χ2n) is 4.96. The number of fused-ring (bicyclic) bond motifs is 1. The minimum absolute atomic E-state index is 0.0783. The predicted octanol–water partition coefficient (Wildman–Crippen LogP) is -0.286. The number of hydrogen-bond donors (Lipinski definition) is 1. The van der Waals surface area contributed by atoms with Crippen molar-refractivity contribution in [3.8, 4) is 5.75 Å². The van der Waals surface area contributed by atoms with Gasteiger partial charge in [0, 0.05) is 0 Å². The second kappa shape index (κ2) is 5.66. The molecule has 1 aromatic heterocycles. The summed E-state index contributed by atoms with van der Waals surface area (Å²) in [7, 11) is -3.62. The van der Waals surface area contributed by atoms with Crippen LogP contribution in [0.5, 0.6) is 5.75 Å². The summed E-state index contributed by atoms with van der Waals surface area (Å²) >= 11 is 0. The monoisotopic (exact) mass is 343 g/mol. The lowest BCUT2D eigenvalue weighted by Crippen LogP contribution is -2.29. The third-order valence-electron chi connectivity index (χ3n) is 3.08. The summed E-state index contributed by atoms with van der Waals surface area (Å²) in [5, 5.41) is 2.54. The van der Waals surface area contributed by atoms with E-state index in [0.717, 1.165) is 6.26 Å². The molecule has 3 rings (SSSR count). The fourth-order valence-electron chi connectivity index (χ4n) is 2.10. The van der Waals surface area contributed by atoms with Gasteiger partial charge in [0.05, 0.1) is 12.8 Å². The molecule has 3 heterocycles. The van der Waals surface area contributed by atoms with Crippen molar-refractivity contribution in [2.75, 3.05) is 36.2 Å². The molecule has 1 fully saturated rings. The number of carbonyl (C=O) groups excluding carboxylic acids is 2. The molecule has 1 unspecified atom stereocenters. The van der Waals surface area contributed by atoms with Crippen molar-refractivity contribution >= 4 is 33.8 Å². The van der Waals surface area contributed by atoms with Gasteiger partial charge in [-0.1, -0.05) is 0 Å². The van der Waals surface area contributed by atoms with Gasteiger partial charge in [-0.3, -0.25) is 13.9 Å². The lowest BCUT2D eigenvalue weighted by molar-refractivity contribution is -0.118. The number of hydrogen-bond acceptors (Lipinski definition) is 8. The van der Waals surface area contributed by atoms with Gasteiger partial charge in [0.1, 0.15) is 18.5 Å². The maximum Gasteiger partial charge on any atom is 0.416 e. The number of pyridine rings is 1. The van der Waals surface area contributed by atoms with Crippen molar-refractivity contribution in [1.29, 1.82) is 0 Å². The first-order valence-corrected chi connectivity index (χ1v) is 8.40. The first-order chi connectivity index (χ1) is 10.8. The molecular weight excluding hydrogens is 330 g/mol. The van der Waals surface area contributed by atoms with Crippen LogP contribution in [0.3, 0.4) is 0 Å². The Morgan fingerprint density at radius 1 is 1.43 bits per heavy atom. The molecule has 10 nitrogen and oxygen atoms in total. The highest BCUT2D eigenvalue weighted by molar-refractivity contribution is 7.85. The molecular formula is C12H13N3O7S. The van der Waals surface area contributed by atoms with Crippen LogP contribution in [-0.2, 0) is 23.8 Å². The van der Waals surface area contributed by atoms with E-state index in [1.807, 2.05) is 0 Å². The zero-order chi connectivity index (χ0) is 16.6. The van der Waals surface area contributed by atoms with Gasteiger partial charge >= 0.3 is 6.09 Å². The van der Waals surface area contributed by atoms with Gasteiger partial charge in [-0.25, -0.2) is 9.78 Å². The average Bonchev–Trinajstić information content (AvgIpc) is 2.85. The number of nitrogens with zero attached hydrogens (tertiary/aromatic N) is 2. The first-order valence-electron chi connectivity index (χ1n) is 6.58. The zero-order valence-corrected chi connectivity index (χ0v) is 12.8. The summed E-state index contributed by atoms with van der Waals surface area (Å²) in [6, 6.07) is 3.11. The van der Waals surface area contributed by atoms with Crippen LogP contribution in [0, 0.1) is 0 Å². The van der Waals surface area contributed by atoms with Crippen molar-refractivity contribution in [2.45, 2.75) is 6.10 Å². The Labute approximate surface area is 131 Å². The summed E-state index contributed by atoms with van der Waals surface area (Å²) in [6.07, 6.45) is -0.501. The molecule has 0 aliphatic carbocycles. The molecule has 1 aromatic rings. The summed E-state index contributed by atoms with van der Waals surface area (Å²) in [4.78, 5) is 28.5. The van der Waals surface area contributed by atoms with Crippen molar-refractivity contribution in [3.05, 3.63) is 12.1 Å².